The third kappa shape index (κ3) is 9.44. The van der Waals surface area contributed by atoms with Gasteiger partial charge in [-0.05, 0) is 75.1 Å². The fourth-order valence-corrected chi connectivity index (χ4v) is 5.64. The van der Waals surface area contributed by atoms with E-state index in [4.69, 9.17) is 14.2 Å². The lowest BCUT2D eigenvalue weighted by atomic mass is 9.98. The molecule has 0 radical (unpaired) electrons. The normalized spacial score (nSPS) is 15.9. The fraction of sp³-hybridized carbons (Fsp3) is 0.515. The van der Waals surface area contributed by atoms with Gasteiger partial charge in [-0.1, -0.05) is 48.5 Å². The molecule has 2 amide bonds. The Morgan fingerprint density at radius 3 is 2.14 bits per heavy atom. The molecule has 2 aromatic rings. The number of ether oxygens (including phenoxy) is 3. The highest BCUT2D eigenvalue weighted by Crippen LogP contribution is 2.44. The van der Waals surface area contributed by atoms with Crippen LogP contribution in [0.4, 0.5) is 9.59 Å². The maximum Gasteiger partial charge on any atom is 0.407 e. The third-order valence-corrected chi connectivity index (χ3v) is 7.70. The van der Waals surface area contributed by atoms with Crippen LogP contribution in [0.2, 0.25) is 0 Å². The van der Waals surface area contributed by atoms with Gasteiger partial charge in [0.05, 0.1) is 6.54 Å². The summed E-state index contributed by atoms with van der Waals surface area (Å²) in [6.07, 6.45) is 0.870. The quantitative estimate of drug-likeness (QED) is 0.178. The Kier molecular flexibility index (Phi) is 11.2. The molecule has 1 atom stereocenters. The first kappa shape index (κ1) is 32.8. The lowest BCUT2D eigenvalue weighted by Gasteiger charge is -2.31. The summed E-state index contributed by atoms with van der Waals surface area (Å²) in [5.74, 6) is -1.54. The van der Waals surface area contributed by atoms with E-state index in [2.05, 4.69) is 10.6 Å². The number of amides is 2. The number of fused-ring (bicyclic) bond motifs is 3. The van der Waals surface area contributed by atoms with Gasteiger partial charge >= 0.3 is 24.1 Å². The van der Waals surface area contributed by atoms with Gasteiger partial charge in [-0.2, -0.15) is 0 Å². The summed E-state index contributed by atoms with van der Waals surface area (Å²) in [6.45, 7) is 7.38. The van der Waals surface area contributed by atoms with E-state index < -0.39 is 29.8 Å². The number of hydrogen-bond donors (Lipinski definition) is 3. The first-order valence-electron chi connectivity index (χ1n) is 15.2. The zero-order valence-corrected chi connectivity index (χ0v) is 25.7. The second kappa shape index (κ2) is 15.1. The highest BCUT2D eigenvalue weighted by molar-refractivity contribution is 5.81. The Balaban J connectivity index is 1.11. The van der Waals surface area contributed by atoms with Crippen molar-refractivity contribution in [1.29, 1.82) is 0 Å². The van der Waals surface area contributed by atoms with Crippen LogP contribution in [0, 0.1) is 0 Å². The minimum absolute atomic E-state index is 0.0982. The van der Waals surface area contributed by atoms with Crippen LogP contribution in [0.5, 0.6) is 0 Å². The smallest absolute Gasteiger partial charge is 0.407 e. The van der Waals surface area contributed by atoms with Gasteiger partial charge in [0.15, 0.2) is 0 Å². The monoisotopic (exact) mass is 609 g/mol. The van der Waals surface area contributed by atoms with Crippen molar-refractivity contribution in [2.45, 2.75) is 76.5 Å². The number of piperidine rings is 1. The Labute approximate surface area is 258 Å². The van der Waals surface area contributed by atoms with Crippen molar-refractivity contribution in [3.05, 3.63) is 59.7 Å². The van der Waals surface area contributed by atoms with Crippen LogP contribution < -0.4 is 10.6 Å². The highest BCUT2D eigenvalue weighted by Gasteiger charge is 2.30. The minimum atomic E-state index is -1.15. The van der Waals surface area contributed by atoms with Gasteiger partial charge < -0.3 is 30.0 Å². The van der Waals surface area contributed by atoms with Crippen molar-refractivity contribution >= 4 is 24.1 Å². The number of likely N-dealkylation sites (tertiary alicyclic amines) is 1. The molecule has 11 heteroatoms. The number of esters is 1. The van der Waals surface area contributed by atoms with Crippen LogP contribution in [-0.2, 0) is 23.8 Å². The number of alkyl carbamates (subject to hydrolysis) is 2. The van der Waals surface area contributed by atoms with Crippen LogP contribution in [-0.4, -0.2) is 84.7 Å². The van der Waals surface area contributed by atoms with Crippen molar-refractivity contribution in [3.63, 3.8) is 0 Å². The second-order valence-electron chi connectivity index (χ2n) is 12.3. The Morgan fingerprint density at radius 2 is 1.55 bits per heavy atom. The van der Waals surface area contributed by atoms with Crippen LogP contribution in [0.1, 0.15) is 69.9 Å². The maximum atomic E-state index is 12.5. The molecular weight excluding hydrogens is 566 g/mol. The summed E-state index contributed by atoms with van der Waals surface area (Å²) in [7, 11) is 0. The highest BCUT2D eigenvalue weighted by atomic mass is 16.6. The number of unbranched alkanes of at least 4 members (excludes halogenated alkanes) is 1. The van der Waals surface area contributed by atoms with E-state index in [0.717, 1.165) is 22.3 Å². The topological polar surface area (TPSA) is 144 Å². The zero-order chi connectivity index (χ0) is 31.7. The summed E-state index contributed by atoms with van der Waals surface area (Å²) in [4.78, 5) is 50.5. The van der Waals surface area contributed by atoms with Crippen molar-refractivity contribution in [1.82, 2.24) is 15.5 Å². The number of hydrogen-bond acceptors (Lipinski definition) is 8. The summed E-state index contributed by atoms with van der Waals surface area (Å²) >= 11 is 0. The van der Waals surface area contributed by atoms with E-state index in [1.54, 1.807) is 0 Å². The average Bonchev–Trinajstić information content (AvgIpc) is 3.29. The number of nitrogens with zero attached hydrogens (tertiary/aromatic N) is 1. The SMILES string of the molecule is CC(C)(C)OC(=O)CN1CCC(OC(=O)NCCCC[C@@H](NC(=O)OCC2c3ccccc3-c3ccccc32)C(=O)O)CC1. The standard InChI is InChI=1S/C33H43N3O8/c1-33(2,3)44-29(37)20-36-18-15-22(16-19-36)43-31(40)34-17-9-8-14-28(30(38)39)35-32(41)42-21-27-25-12-6-4-10-23(25)24-11-5-7-13-26(24)27/h4-7,10-13,22,27-28H,8-9,14-21H2,1-3H3,(H,34,40)(H,35,41)(H,38,39)/t28-/m1/s1. The molecule has 1 fully saturated rings. The third-order valence-electron chi connectivity index (χ3n) is 7.70. The maximum absolute atomic E-state index is 12.5. The number of rotatable bonds is 12. The number of carboxylic acid groups (broad SMARTS) is 1. The first-order chi connectivity index (χ1) is 21.0. The number of carboxylic acids is 1. The molecule has 1 heterocycles. The van der Waals surface area contributed by atoms with Gasteiger partial charge in [0.2, 0.25) is 0 Å². The Bertz CT molecular complexity index is 1270. The van der Waals surface area contributed by atoms with Crippen molar-refractivity contribution < 1.29 is 38.5 Å². The van der Waals surface area contributed by atoms with Crippen molar-refractivity contribution in [2.75, 3.05) is 32.8 Å². The number of nitrogens with one attached hydrogen (secondary N) is 2. The van der Waals surface area contributed by atoms with Crippen LogP contribution in [0.3, 0.4) is 0 Å². The summed E-state index contributed by atoms with van der Waals surface area (Å²) in [6, 6.07) is 14.9. The van der Waals surface area contributed by atoms with Crippen molar-refractivity contribution in [2.24, 2.45) is 0 Å². The Hall–Kier alpha value is -4.12. The molecular formula is C33H43N3O8. The lowest BCUT2D eigenvalue weighted by molar-refractivity contribution is -0.156. The lowest BCUT2D eigenvalue weighted by Crippen LogP contribution is -2.43. The number of carbonyl (C=O) groups excluding carboxylic acids is 3. The molecule has 11 nitrogen and oxygen atoms in total. The van der Waals surface area contributed by atoms with Gasteiger partial charge in [-0.3, -0.25) is 9.69 Å². The molecule has 1 saturated heterocycles. The second-order valence-corrected chi connectivity index (χ2v) is 12.3. The molecule has 0 spiro atoms. The van der Waals surface area contributed by atoms with Crippen LogP contribution >= 0.6 is 0 Å². The molecule has 1 aliphatic heterocycles. The minimum Gasteiger partial charge on any atom is -0.480 e. The predicted octanol–water partition coefficient (Wildman–Crippen LogP) is 4.68. The van der Waals surface area contributed by atoms with Crippen LogP contribution in [0.15, 0.2) is 48.5 Å². The molecule has 2 aliphatic rings. The van der Waals surface area contributed by atoms with Crippen LogP contribution in [0.25, 0.3) is 11.1 Å². The van der Waals surface area contributed by atoms with Gasteiger partial charge in [0.25, 0.3) is 0 Å². The molecule has 1 aliphatic carbocycles. The molecule has 3 N–H and O–H groups in total. The van der Waals surface area contributed by atoms with Gasteiger partial charge in [-0.25, -0.2) is 14.4 Å². The summed E-state index contributed by atoms with van der Waals surface area (Å²) in [5.41, 5.74) is 3.85. The van der Waals surface area contributed by atoms with E-state index in [9.17, 15) is 24.3 Å². The van der Waals surface area contributed by atoms with E-state index in [0.29, 0.717) is 45.3 Å². The number of carbonyl (C=O) groups is 4. The zero-order valence-electron chi connectivity index (χ0n) is 25.7. The first-order valence-corrected chi connectivity index (χ1v) is 15.2. The summed E-state index contributed by atoms with van der Waals surface area (Å²) < 4.78 is 16.3. The molecule has 4 rings (SSSR count). The van der Waals surface area contributed by atoms with Crippen molar-refractivity contribution in [3.8, 4) is 11.1 Å². The van der Waals surface area contributed by atoms with E-state index >= 15 is 0 Å². The van der Waals surface area contributed by atoms with E-state index in [-0.39, 0.29) is 37.6 Å². The molecule has 0 unspecified atom stereocenters. The predicted molar refractivity (Wildman–Crippen MR) is 163 cm³/mol. The molecule has 0 saturated carbocycles. The van der Waals surface area contributed by atoms with E-state index in [1.807, 2.05) is 74.2 Å². The molecule has 0 aromatic heterocycles. The molecule has 238 valence electrons. The molecule has 2 aromatic carbocycles. The Morgan fingerprint density at radius 1 is 0.932 bits per heavy atom. The molecule has 0 bridgehead atoms. The van der Waals surface area contributed by atoms with Gasteiger partial charge in [0, 0.05) is 25.6 Å². The largest absolute Gasteiger partial charge is 0.480 e. The summed E-state index contributed by atoms with van der Waals surface area (Å²) in [5, 5.41) is 14.8. The molecule has 44 heavy (non-hydrogen) atoms. The van der Waals surface area contributed by atoms with E-state index in [1.165, 1.54) is 0 Å². The number of aliphatic carboxylic acids is 1. The van der Waals surface area contributed by atoms with Gasteiger partial charge in [0.1, 0.15) is 24.4 Å². The fourth-order valence-electron chi connectivity index (χ4n) is 5.64. The number of benzene rings is 2. The average molecular weight is 610 g/mol. The van der Waals surface area contributed by atoms with Gasteiger partial charge in [-0.15, -0.1) is 0 Å².